The summed E-state index contributed by atoms with van der Waals surface area (Å²) in [7, 11) is 0. The highest BCUT2D eigenvalue weighted by molar-refractivity contribution is 5.82. The van der Waals surface area contributed by atoms with Crippen molar-refractivity contribution in [2.75, 3.05) is 19.6 Å². The summed E-state index contributed by atoms with van der Waals surface area (Å²) >= 11 is 0. The molecule has 0 spiro atoms. The third-order valence-corrected chi connectivity index (χ3v) is 5.16. The maximum atomic E-state index is 7.62. The lowest BCUT2D eigenvalue weighted by molar-refractivity contribution is 0.0816. The molecule has 2 aliphatic rings. The molecule has 1 aliphatic carbocycles. The summed E-state index contributed by atoms with van der Waals surface area (Å²) in [6.07, 6.45) is 8.21. The van der Waals surface area contributed by atoms with Crippen molar-refractivity contribution in [3.05, 3.63) is 0 Å². The van der Waals surface area contributed by atoms with Crippen molar-refractivity contribution in [2.24, 2.45) is 23.0 Å². The molecule has 3 N–H and O–H groups in total. The molecule has 2 fully saturated rings. The molecule has 2 atom stereocenters. The number of fused-ring (bicyclic) bond motifs is 1. The van der Waals surface area contributed by atoms with Crippen molar-refractivity contribution in [1.29, 1.82) is 5.41 Å². The van der Waals surface area contributed by atoms with Gasteiger partial charge in [-0.25, -0.2) is 0 Å². The van der Waals surface area contributed by atoms with Crippen LogP contribution in [0, 0.1) is 22.7 Å². The number of hydrogen-bond donors (Lipinski definition) is 2. The zero-order valence-electron chi connectivity index (χ0n) is 12.0. The van der Waals surface area contributed by atoms with Crippen LogP contribution in [0.3, 0.4) is 0 Å². The van der Waals surface area contributed by atoms with Crippen LogP contribution < -0.4 is 5.73 Å². The molecule has 1 heterocycles. The molecule has 2 unspecified atom stereocenters. The molecular weight excluding hydrogens is 222 g/mol. The van der Waals surface area contributed by atoms with Crippen molar-refractivity contribution in [3.8, 4) is 0 Å². The number of rotatable bonds is 4. The van der Waals surface area contributed by atoms with E-state index >= 15 is 0 Å². The predicted molar refractivity (Wildman–Crippen MR) is 76.8 cm³/mol. The van der Waals surface area contributed by atoms with Gasteiger partial charge in [0.2, 0.25) is 0 Å². The minimum atomic E-state index is -0.136. The van der Waals surface area contributed by atoms with Crippen molar-refractivity contribution in [1.82, 2.24) is 4.90 Å². The second kappa shape index (κ2) is 5.60. The molecule has 1 aliphatic heterocycles. The van der Waals surface area contributed by atoms with Gasteiger partial charge in [-0.15, -0.1) is 0 Å². The van der Waals surface area contributed by atoms with E-state index < -0.39 is 0 Å². The van der Waals surface area contributed by atoms with E-state index in [0.717, 1.165) is 24.8 Å². The van der Waals surface area contributed by atoms with Gasteiger partial charge in [-0.2, -0.15) is 0 Å². The van der Waals surface area contributed by atoms with Gasteiger partial charge in [-0.3, -0.25) is 5.41 Å². The van der Waals surface area contributed by atoms with Crippen molar-refractivity contribution in [3.63, 3.8) is 0 Å². The number of likely N-dealkylation sites (tertiary alicyclic amines) is 1. The molecular formula is C15H29N3. The SMILES string of the molecule is CC(C)(CCN1CCC2CCCCC2C1)C(=N)N. The lowest BCUT2D eigenvalue weighted by Gasteiger charge is -2.42. The molecule has 3 heteroatoms. The van der Waals surface area contributed by atoms with Crippen LogP contribution in [0.2, 0.25) is 0 Å². The van der Waals surface area contributed by atoms with Crippen LogP contribution in [0.1, 0.15) is 52.4 Å². The molecule has 0 amide bonds. The molecule has 18 heavy (non-hydrogen) atoms. The lowest BCUT2D eigenvalue weighted by atomic mass is 9.75. The first-order valence-corrected chi connectivity index (χ1v) is 7.56. The fourth-order valence-electron chi connectivity index (χ4n) is 3.45. The normalized spacial score (nSPS) is 29.9. The van der Waals surface area contributed by atoms with E-state index in [1.165, 1.54) is 45.2 Å². The maximum absolute atomic E-state index is 7.62. The van der Waals surface area contributed by atoms with E-state index in [1.54, 1.807) is 0 Å². The van der Waals surface area contributed by atoms with Crippen LogP contribution in [-0.4, -0.2) is 30.4 Å². The minimum absolute atomic E-state index is 0.136. The molecule has 1 saturated carbocycles. The Morgan fingerprint density at radius 3 is 2.56 bits per heavy atom. The topological polar surface area (TPSA) is 53.1 Å². The van der Waals surface area contributed by atoms with Crippen molar-refractivity contribution >= 4 is 5.84 Å². The van der Waals surface area contributed by atoms with Crippen LogP contribution >= 0.6 is 0 Å². The van der Waals surface area contributed by atoms with Gasteiger partial charge < -0.3 is 10.6 Å². The molecule has 0 aromatic rings. The summed E-state index contributed by atoms with van der Waals surface area (Å²) in [5.74, 6) is 2.29. The Morgan fingerprint density at radius 1 is 1.22 bits per heavy atom. The number of amidine groups is 1. The number of hydrogen-bond acceptors (Lipinski definition) is 2. The third-order valence-electron chi connectivity index (χ3n) is 5.16. The fraction of sp³-hybridized carbons (Fsp3) is 0.933. The maximum Gasteiger partial charge on any atom is 0.0963 e. The van der Waals surface area contributed by atoms with Crippen LogP contribution in [0.25, 0.3) is 0 Å². The highest BCUT2D eigenvalue weighted by Gasteiger charge is 2.31. The van der Waals surface area contributed by atoms with E-state index in [0.29, 0.717) is 5.84 Å². The highest BCUT2D eigenvalue weighted by atomic mass is 15.1. The Morgan fingerprint density at radius 2 is 1.89 bits per heavy atom. The number of nitrogens with two attached hydrogens (primary N) is 1. The van der Waals surface area contributed by atoms with E-state index in [-0.39, 0.29) is 5.41 Å². The molecule has 3 nitrogen and oxygen atoms in total. The Labute approximate surface area is 112 Å². The van der Waals surface area contributed by atoms with E-state index in [9.17, 15) is 0 Å². The molecule has 0 aromatic heterocycles. The monoisotopic (exact) mass is 251 g/mol. The van der Waals surface area contributed by atoms with Gasteiger partial charge in [0.05, 0.1) is 5.84 Å². The number of nitrogens with zero attached hydrogens (tertiary/aromatic N) is 1. The molecule has 104 valence electrons. The largest absolute Gasteiger partial charge is 0.387 e. The van der Waals surface area contributed by atoms with Crippen LogP contribution in [-0.2, 0) is 0 Å². The first-order valence-electron chi connectivity index (χ1n) is 7.56. The summed E-state index contributed by atoms with van der Waals surface area (Å²) in [4.78, 5) is 2.61. The molecule has 1 saturated heterocycles. The van der Waals surface area contributed by atoms with Crippen molar-refractivity contribution < 1.29 is 0 Å². The zero-order chi connectivity index (χ0) is 13.2. The van der Waals surface area contributed by atoms with Gasteiger partial charge in [0.25, 0.3) is 0 Å². The Bertz CT molecular complexity index is 298. The average molecular weight is 251 g/mol. The lowest BCUT2D eigenvalue weighted by Crippen LogP contribution is -2.44. The number of nitrogens with one attached hydrogen (secondary N) is 1. The van der Waals surface area contributed by atoms with E-state index in [2.05, 4.69) is 18.7 Å². The summed E-state index contributed by atoms with van der Waals surface area (Å²) in [6, 6.07) is 0. The molecule has 0 bridgehead atoms. The predicted octanol–water partition coefficient (Wildman–Crippen LogP) is 2.85. The quantitative estimate of drug-likeness (QED) is 0.596. The minimum Gasteiger partial charge on any atom is -0.387 e. The van der Waals surface area contributed by atoms with Gasteiger partial charge >= 0.3 is 0 Å². The van der Waals surface area contributed by atoms with E-state index in [1.807, 2.05) is 0 Å². The summed E-state index contributed by atoms with van der Waals surface area (Å²) in [5.41, 5.74) is 5.52. The molecule has 0 radical (unpaired) electrons. The summed E-state index contributed by atoms with van der Waals surface area (Å²) in [6.45, 7) is 7.83. The highest BCUT2D eigenvalue weighted by Crippen LogP contribution is 2.36. The fourth-order valence-corrected chi connectivity index (χ4v) is 3.45. The zero-order valence-corrected chi connectivity index (χ0v) is 12.0. The summed E-state index contributed by atoms with van der Waals surface area (Å²) < 4.78 is 0. The van der Waals surface area contributed by atoms with Gasteiger partial charge in [-0.1, -0.05) is 33.1 Å². The summed E-state index contributed by atoms with van der Waals surface area (Å²) in [5, 5.41) is 7.62. The smallest absolute Gasteiger partial charge is 0.0963 e. The average Bonchev–Trinajstić information content (AvgIpc) is 2.36. The Hall–Kier alpha value is -0.570. The van der Waals surface area contributed by atoms with Crippen LogP contribution in [0.5, 0.6) is 0 Å². The molecule has 0 aromatic carbocycles. The second-order valence-electron chi connectivity index (χ2n) is 6.94. The second-order valence-corrected chi connectivity index (χ2v) is 6.94. The van der Waals surface area contributed by atoms with Crippen molar-refractivity contribution in [2.45, 2.75) is 52.4 Å². The Kier molecular flexibility index (Phi) is 4.31. The van der Waals surface area contributed by atoms with Gasteiger partial charge in [0, 0.05) is 12.0 Å². The first kappa shape index (κ1) is 13.9. The van der Waals surface area contributed by atoms with E-state index in [4.69, 9.17) is 11.1 Å². The van der Waals surface area contributed by atoms with Gasteiger partial charge in [-0.05, 0) is 44.2 Å². The Balaban J connectivity index is 1.79. The van der Waals surface area contributed by atoms with Crippen LogP contribution in [0.15, 0.2) is 0 Å². The first-order chi connectivity index (χ1) is 8.49. The number of piperidine rings is 1. The van der Waals surface area contributed by atoms with Crippen LogP contribution in [0.4, 0.5) is 0 Å². The third kappa shape index (κ3) is 3.25. The standard InChI is InChI=1S/C15H29N3/c1-15(2,14(16)17)8-10-18-9-7-12-5-3-4-6-13(12)11-18/h12-13H,3-11H2,1-2H3,(H3,16,17). The molecule has 2 rings (SSSR count). The van der Waals surface area contributed by atoms with Gasteiger partial charge in [0.15, 0.2) is 0 Å². The van der Waals surface area contributed by atoms with Gasteiger partial charge in [0.1, 0.15) is 0 Å².